The fraction of sp³-hybridized carbons (Fsp3) is 0.333. The molecule has 0 bridgehead atoms. The number of fused-ring (bicyclic) bond motifs is 1. The topological polar surface area (TPSA) is 85.3 Å². The Hall–Kier alpha value is -2.91. The van der Waals surface area contributed by atoms with E-state index >= 15 is 0 Å². The Labute approximate surface area is 139 Å². The summed E-state index contributed by atoms with van der Waals surface area (Å²) in [6.07, 6.45) is -3.50. The van der Waals surface area contributed by atoms with Crippen LogP contribution in [-0.2, 0) is 23.9 Å². The Balaban J connectivity index is 1.74. The van der Waals surface area contributed by atoms with Gasteiger partial charge in [0.2, 0.25) is 5.91 Å². The van der Waals surface area contributed by atoms with Crippen LogP contribution in [0.2, 0.25) is 0 Å². The van der Waals surface area contributed by atoms with Gasteiger partial charge in [0, 0.05) is 11.8 Å². The summed E-state index contributed by atoms with van der Waals surface area (Å²) in [5.41, 5.74) is 0.754. The molecule has 25 heavy (non-hydrogen) atoms. The van der Waals surface area contributed by atoms with Gasteiger partial charge >= 0.3 is 6.18 Å². The molecule has 0 aliphatic heterocycles. The van der Waals surface area contributed by atoms with E-state index in [1.54, 1.807) is 13.8 Å². The molecule has 0 aromatic carbocycles. The zero-order chi connectivity index (χ0) is 18.2. The third-order valence-electron chi connectivity index (χ3n) is 3.76. The monoisotopic (exact) mass is 353 g/mol. The van der Waals surface area contributed by atoms with Crippen molar-refractivity contribution in [3.63, 3.8) is 0 Å². The molecule has 10 heteroatoms. The maximum Gasteiger partial charge on any atom is 0.417 e. The van der Waals surface area contributed by atoms with Gasteiger partial charge in [-0.1, -0.05) is 5.16 Å². The van der Waals surface area contributed by atoms with Crippen molar-refractivity contribution in [3.8, 4) is 0 Å². The van der Waals surface area contributed by atoms with E-state index in [0.717, 1.165) is 12.3 Å². The molecule has 3 rings (SSSR count). The van der Waals surface area contributed by atoms with Crippen LogP contribution in [0.1, 0.15) is 28.4 Å². The second kappa shape index (κ2) is 6.19. The Kier molecular flexibility index (Phi) is 4.19. The summed E-state index contributed by atoms with van der Waals surface area (Å²) in [5.74, 6) is 0.432. The van der Waals surface area contributed by atoms with Crippen LogP contribution in [0.5, 0.6) is 0 Å². The second-order valence-corrected chi connectivity index (χ2v) is 5.52. The van der Waals surface area contributed by atoms with Crippen LogP contribution >= 0.6 is 0 Å². The van der Waals surface area contributed by atoms with Crippen LogP contribution in [0.4, 0.5) is 13.2 Å². The minimum Gasteiger partial charge on any atom is -0.361 e. The Bertz CT molecular complexity index is 910. The van der Waals surface area contributed by atoms with Crippen LogP contribution in [0.3, 0.4) is 0 Å². The molecule has 1 amide bonds. The van der Waals surface area contributed by atoms with E-state index < -0.39 is 11.7 Å². The Morgan fingerprint density at radius 3 is 2.68 bits per heavy atom. The molecule has 3 aromatic rings. The van der Waals surface area contributed by atoms with Crippen molar-refractivity contribution >= 4 is 11.6 Å². The van der Waals surface area contributed by atoms with Crippen molar-refractivity contribution in [1.82, 2.24) is 25.1 Å². The minimum atomic E-state index is -4.47. The first-order chi connectivity index (χ1) is 11.8. The SMILES string of the molecule is Cc1noc(C)c1CC(=O)NCc1nnc2ccc(C(F)(F)F)cn12. The molecule has 7 nitrogen and oxygen atoms in total. The molecule has 0 radical (unpaired) electrons. The number of alkyl halides is 3. The Morgan fingerprint density at radius 1 is 1.28 bits per heavy atom. The molecule has 0 saturated carbocycles. The first-order valence-corrected chi connectivity index (χ1v) is 7.35. The highest BCUT2D eigenvalue weighted by molar-refractivity contribution is 5.78. The van der Waals surface area contributed by atoms with E-state index in [-0.39, 0.29) is 30.3 Å². The molecular formula is C15H14F3N5O2. The number of hydrogen-bond acceptors (Lipinski definition) is 5. The standard InChI is InChI=1S/C15H14F3N5O2/c1-8-11(9(2)25-22-8)5-14(24)19-6-13-21-20-12-4-3-10(7-23(12)13)15(16,17)18/h3-4,7H,5-6H2,1-2H3,(H,19,24). The fourth-order valence-corrected chi connectivity index (χ4v) is 2.38. The van der Waals surface area contributed by atoms with Gasteiger partial charge in [0.05, 0.1) is 24.2 Å². The summed E-state index contributed by atoms with van der Waals surface area (Å²) in [5, 5.41) is 14.0. The van der Waals surface area contributed by atoms with Crippen molar-refractivity contribution in [1.29, 1.82) is 0 Å². The maximum atomic E-state index is 12.8. The molecule has 1 N–H and O–H groups in total. The number of nitrogens with zero attached hydrogens (tertiary/aromatic N) is 4. The molecule has 0 fully saturated rings. The van der Waals surface area contributed by atoms with E-state index in [1.807, 2.05) is 0 Å². The lowest BCUT2D eigenvalue weighted by atomic mass is 10.1. The van der Waals surface area contributed by atoms with Crippen molar-refractivity contribution in [2.24, 2.45) is 0 Å². The van der Waals surface area contributed by atoms with Crippen molar-refractivity contribution in [2.45, 2.75) is 33.0 Å². The quantitative estimate of drug-likeness (QED) is 0.777. The number of aromatic nitrogens is 4. The van der Waals surface area contributed by atoms with E-state index in [4.69, 9.17) is 4.52 Å². The smallest absolute Gasteiger partial charge is 0.361 e. The molecule has 3 heterocycles. The number of nitrogens with one attached hydrogen (secondary N) is 1. The van der Waals surface area contributed by atoms with E-state index in [0.29, 0.717) is 17.0 Å². The number of rotatable bonds is 4. The summed E-state index contributed by atoms with van der Waals surface area (Å²) in [6, 6.07) is 2.16. The summed E-state index contributed by atoms with van der Waals surface area (Å²) in [4.78, 5) is 12.1. The molecular weight excluding hydrogens is 339 g/mol. The molecule has 0 aliphatic rings. The molecule has 132 valence electrons. The second-order valence-electron chi connectivity index (χ2n) is 5.52. The average molecular weight is 353 g/mol. The highest BCUT2D eigenvalue weighted by Gasteiger charge is 2.31. The Morgan fingerprint density at radius 2 is 2.04 bits per heavy atom. The summed E-state index contributed by atoms with van der Waals surface area (Å²) < 4.78 is 44.6. The van der Waals surface area contributed by atoms with Gasteiger partial charge in [-0.25, -0.2) is 0 Å². The summed E-state index contributed by atoms with van der Waals surface area (Å²) in [7, 11) is 0. The largest absolute Gasteiger partial charge is 0.417 e. The predicted octanol–water partition coefficient (Wildman–Crippen LogP) is 2.21. The van der Waals surface area contributed by atoms with Gasteiger partial charge in [-0.15, -0.1) is 10.2 Å². The van der Waals surface area contributed by atoms with Crippen LogP contribution in [-0.4, -0.2) is 25.7 Å². The lowest BCUT2D eigenvalue weighted by Crippen LogP contribution is -2.26. The number of halogens is 3. The summed E-state index contributed by atoms with van der Waals surface area (Å²) in [6.45, 7) is 3.38. The normalized spacial score (nSPS) is 11.9. The van der Waals surface area contributed by atoms with Crippen molar-refractivity contribution < 1.29 is 22.5 Å². The molecule has 0 atom stereocenters. The first-order valence-electron chi connectivity index (χ1n) is 7.35. The molecule has 0 spiro atoms. The number of amides is 1. The van der Waals surface area contributed by atoms with Gasteiger partial charge in [0.1, 0.15) is 5.76 Å². The molecule has 3 aromatic heterocycles. The molecule has 0 aliphatic carbocycles. The average Bonchev–Trinajstić information content (AvgIpc) is 3.09. The zero-order valence-electron chi connectivity index (χ0n) is 13.4. The highest BCUT2D eigenvalue weighted by Crippen LogP contribution is 2.29. The number of aryl methyl sites for hydroxylation is 2. The van der Waals surface area contributed by atoms with Gasteiger partial charge in [0.25, 0.3) is 0 Å². The number of pyridine rings is 1. The number of carbonyl (C=O) groups is 1. The van der Waals surface area contributed by atoms with E-state index in [9.17, 15) is 18.0 Å². The van der Waals surface area contributed by atoms with Gasteiger partial charge in [0.15, 0.2) is 11.5 Å². The predicted molar refractivity (Wildman–Crippen MR) is 79.5 cm³/mol. The lowest BCUT2D eigenvalue weighted by Gasteiger charge is -2.08. The first kappa shape index (κ1) is 16.9. The molecule has 0 unspecified atom stereocenters. The third-order valence-corrected chi connectivity index (χ3v) is 3.76. The van der Waals surface area contributed by atoms with Gasteiger partial charge in [-0.2, -0.15) is 13.2 Å². The van der Waals surface area contributed by atoms with Gasteiger partial charge in [-0.05, 0) is 26.0 Å². The van der Waals surface area contributed by atoms with Crippen LogP contribution in [0, 0.1) is 13.8 Å². The molecule has 0 saturated heterocycles. The fourth-order valence-electron chi connectivity index (χ4n) is 2.38. The van der Waals surface area contributed by atoms with Crippen molar-refractivity contribution in [2.75, 3.05) is 0 Å². The van der Waals surface area contributed by atoms with Crippen LogP contribution in [0.25, 0.3) is 5.65 Å². The number of carbonyl (C=O) groups excluding carboxylic acids is 1. The number of hydrogen-bond donors (Lipinski definition) is 1. The van der Waals surface area contributed by atoms with Gasteiger partial charge < -0.3 is 9.84 Å². The minimum absolute atomic E-state index is 0.0509. The van der Waals surface area contributed by atoms with Crippen LogP contribution < -0.4 is 5.32 Å². The maximum absolute atomic E-state index is 12.8. The van der Waals surface area contributed by atoms with Gasteiger partial charge in [-0.3, -0.25) is 9.20 Å². The lowest BCUT2D eigenvalue weighted by molar-refractivity contribution is -0.137. The van der Waals surface area contributed by atoms with Crippen molar-refractivity contribution in [3.05, 3.63) is 46.7 Å². The third kappa shape index (κ3) is 3.47. The van der Waals surface area contributed by atoms with E-state index in [1.165, 1.54) is 10.5 Å². The summed E-state index contributed by atoms with van der Waals surface area (Å²) >= 11 is 0. The highest BCUT2D eigenvalue weighted by atomic mass is 19.4. The zero-order valence-corrected chi connectivity index (χ0v) is 13.4. The van der Waals surface area contributed by atoms with Crippen LogP contribution in [0.15, 0.2) is 22.9 Å². The van der Waals surface area contributed by atoms with E-state index in [2.05, 4.69) is 20.7 Å².